The van der Waals surface area contributed by atoms with Crippen LogP contribution in [0.2, 0.25) is 5.02 Å². The Morgan fingerprint density at radius 2 is 1.78 bits per heavy atom. The van der Waals surface area contributed by atoms with Crippen LogP contribution in [0, 0.1) is 0 Å². The van der Waals surface area contributed by atoms with Gasteiger partial charge in [0.05, 0.1) is 13.2 Å². The van der Waals surface area contributed by atoms with Crippen LogP contribution < -0.4 is 16.0 Å². The van der Waals surface area contributed by atoms with Crippen LogP contribution in [0.4, 0.5) is 0 Å². The van der Waals surface area contributed by atoms with Crippen molar-refractivity contribution in [3.63, 3.8) is 0 Å². The van der Waals surface area contributed by atoms with E-state index in [-0.39, 0.29) is 6.04 Å². The van der Waals surface area contributed by atoms with Gasteiger partial charge < -0.3 is 4.74 Å². The Bertz CT molecular complexity index is 531. The lowest BCUT2D eigenvalue weighted by Gasteiger charge is -2.17. The van der Waals surface area contributed by atoms with Crippen molar-refractivity contribution in [2.24, 2.45) is 5.84 Å². The van der Waals surface area contributed by atoms with Gasteiger partial charge >= 0.3 is 0 Å². The standard InChI is InChI=1S/C14H15ClN2O/c1-18-13-7-3-5-11(9-13)14(17-16)10-4-2-6-12(15)8-10/h2-9,14,17H,16H2,1H3. The van der Waals surface area contributed by atoms with Gasteiger partial charge in [0.2, 0.25) is 0 Å². The van der Waals surface area contributed by atoms with Crippen molar-refractivity contribution >= 4 is 11.6 Å². The third kappa shape index (κ3) is 2.82. The molecule has 3 nitrogen and oxygen atoms in total. The summed E-state index contributed by atoms with van der Waals surface area (Å²) in [5.41, 5.74) is 4.84. The lowest BCUT2D eigenvalue weighted by atomic mass is 9.99. The largest absolute Gasteiger partial charge is 0.497 e. The maximum atomic E-state index is 6.00. The molecule has 18 heavy (non-hydrogen) atoms. The number of benzene rings is 2. The summed E-state index contributed by atoms with van der Waals surface area (Å²) < 4.78 is 5.21. The van der Waals surface area contributed by atoms with Crippen LogP contribution in [0.1, 0.15) is 17.2 Å². The molecule has 0 heterocycles. The molecule has 0 radical (unpaired) electrons. The fourth-order valence-corrected chi connectivity index (χ4v) is 2.09. The van der Waals surface area contributed by atoms with E-state index in [0.29, 0.717) is 5.02 Å². The zero-order valence-electron chi connectivity index (χ0n) is 10.1. The Kier molecular flexibility index (Phi) is 4.20. The quantitative estimate of drug-likeness (QED) is 0.658. The number of hydrazine groups is 1. The number of nitrogens with two attached hydrogens (primary N) is 1. The second-order valence-electron chi connectivity index (χ2n) is 3.93. The summed E-state index contributed by atoms with van der Waals surface area (Å²) in [4.78, 5) is 0. The van der Waals surface area contributed by atoms with Crippen molar-refractivity contribution in [2.45, 2.75) is 6.04 Å². The van der Waals surface area contributed by atoms with Gasteiger partial charge in [-0.15, -0.1) is 0 Å². The number of rotatable bonds is 4. The number of ether oxygens (including phenoxy) is 1. The van der Waals surface area contributed by atoms with Crippen LogP contribution in [0.3, 0.4) is 0 Å². The van der Waals surface area contributed by atoms with E-state index in [1.54, 1.807) is 7.11 Å². The summed E-state index contributed by atoms with van der Waals surface area (Å²) in [6.07, 6.45) is 0. The summed E-state index contributed by atoms with van der Waals surface area (Å²) >= 11 is 6.00. The molecule has 0 aliphatic heterocycles. The van der Waals surface area contributed by atoms with E-state index in [1.165, 1.54) is 0 Å². The maximum Gasteiger partial charge on any atom is 0.119 e. The highest BCUT2D eigenvalue weighted by atomic mass is 35.5. The molecule has 0 bridgehead atoms. The van der Waals surface area contributed by atoms with E-state index in [2.05, 4.69) is 5.43 Å². The van der Waals surface area contributed by atoms with Crippen LogP contribution in [0.5, 0.6) is 5.75 Å². The van der Waals surface area contributed by atoms with Crippen molar-refractivity contribution in [2.75, 3.05) is 7.11 Å². The fourth-order valence-electron chi connectivity index (χ4n) is 1.89. The third-order valence-corrected chi connectivity index (χ3v) is 3.01. The molecule has 0 aromatic heterocycles. The Hall–Kier alpha value is -1.55. The van der Waals surface area contributed by atoms with Crippen LogP contribution in [-0.4, -0.2) is 7.11 Å². The van der Waals surface area contributed by atoms with Gasteiger partial charge in [-0.2, -0.15) is 0 Å². The second-order valence-corrected chi connectivity index (χ2v) is 4.37. The highest BCUT2D eigenvalue weighted by Gasteiger charge is 2.13. The minimum Gasteiger partial charge on any atom is -0.497 e. The molecule has 2 aromatic rings. The van der Waals surface area contributed by atoms with E-state index in [1.807, 2.05) is 48.5 Å². The average molecular weight is 263 g/mol. The van der Waals surface area contributed by atoms with E-state index in [4.69, 9.17) is 22.2 Å². The summed E-state index contributed by atoms with van der Waals surface area (Å²) in [6, 6.07) is 15.3. The van der Waals surface area contributed by atoms with Gasteiger partial charge in [0, 0.05) is 5.02 Å². The topological polar surface area (TPSA) is 47.3 Å². The average Bonchev–Trinajstić information content (AvgIpc) is 2.40. The summed E-state index contributed by atoms with van der Waals surface area (Å²) in [5.74, 6) is 6.45. The van der Waals surface area contributed by atoms with Crippen LogP contribution in [0.15, 0.2) is 48.5 Å². The highest BCUT2D eigenvalue weighted by Crippen LogP contribution is 2.26. The monoisotopic (exact) mass is 262 g/mol. The highest BCUT2D eigenvalue weighted by molar-refractivity contribution is 6.30. The number of halogens is 1. The van der Waals surface area contributed by atoms with Crippen molar-refractivity contribution in [3.05, 3.63) is 64.7 Å². The Morgan fingerprint density at radius 1 is 1.11 bits per heavy atom. The van der Waals surface area contributed by atoms with Gasteiger partial charge in [0.1, 0.15) is 5.75 Å². The lowest BCUT2D eigenvalue weighted by Crippen LogP contribution is -2.28. The summed E-state index contributed by atoms with van der Waals surface area (Å²) in [7, 11) is 1.64. The Labute approximate surface area is 111 Å². The van der Waals surface area contributed by atoms with Gasteiger partial charge in [-0.3, -0.25) is 5.84 Å². The zero-order valence-corrected chi connectivity index (χ0v) is 10.8. The van der Waals surface area contributed by atoms with E-state index in [9.17, 15) is 0 Å². The first-order valence-corrected chi connectivity index (χ1v) is 5.98. The first-order valence-electron chi connectivity index (χ1n) is 5.60. The molecule has 0 saturated carbocycles. The number of hydrogen-bond donors (Lipinski definition) is 2. The van der Waals surface area contributed by atoms with E-state index in [0.717, 1.165) is 16.9 Å². The molecule has 3 N–H and O–H groups in total. The molecular weight excluding hydrogens is 248 g/mol. The first kappa shape index (κ1) is 12.9. The minimum absolute atomic E-state index is 0.112. The van der Waals surface area contributed by atoms with Crippen molar-refractivity contribution in [3.8, 4) is 5.75 Å². The fraction of sp³-hybridized carbons (Fsp3) is 0.143. The molecule has 0 amide bonds. The molecule has 0 fully saturated rings. The van der Waals surface area contributed by atoms with Crippen molar-refractivity contribution < 1.29 is 4.74 Å². The molecule has 0 spiro atoms. The Morgan fingerprint density at radius 3 is 2.39 bits per heavy atom. The molecule has 0 aliphatic rings. The molecule has 2 aromatic carbocycles. The van der Waals surface area contributed by atoms with Gasteiger partial charge in [0.25, 0.3) is 0 Å². The molecule has 1 atom stereocenters. The van der Waals surface area contributed by atoms with Gasteiger partial charge in [-0.1, -0.05) is 35.9 Å². The maximum absolute atomic E-state index is 6.00. The molecule has 1 unspecified atom stereocenters. The molecule has 0 saturated heterocycles. The van der Waals surface area contributed by atoms with E-state index < -0.39 is 0 Å². The summed E-state index contributed by atoms with van der Waals surface area (Å²) in [5, 5.41) is 0.690. The van der Waals surface area contributed by atoms with Gasteiger partial charge in [-0.25, -0.2) is 5.43 Å². The second kappa shape index (κ2) is 5.87. The number of nitrogens with one attached hydrogen (secondary N) is 1. The predicted molar refractivity (Wildman–Crippen MR) is 73.6 cm³/mol. The normalized spacial score (nSPS) is 12.2. The van der Waals surface area contributed by atoms with Crippen LogP contribution in [0.25, 0.3) is 0 Å². The SMILES string of the molecule is COc1cccc(C(NN)c2cccc(Cl)c2)c1. The molecule has 0 aliphatic carbocycles. The molecule has 2 rings (SSSR count). The van der Waals surface area contributed by atoms with Gasteiger partial charge in [0.15, 0.2) is 0 Å². The van der Waals surface area contributed by atoms with E-state index >= 15 is 0 Å². The third-order valence-electron chi connectivity index (χ3n) is 2.78. The van der Waals surface area contributed by atoms with Crippen molar-refractivity contribution in [1.29, 1.82) is 0 Å². The number of methoxy groups -OCH3 is 1. The molecule has 94 valence electrons. The lowest BCUT2D eigenvalue weighted by molar-refractivity contribution is 0.413. The summed E-state index contributed by atoms with van der Waals surface area (Å²) in [6.45, 7) is 0. The van der Waals surface area contributed by atoms with Crippen LogP contribution in [-0.2, 0) is 0 Å². The Balaban J connectivity index is 2.38. The van der Waals surface area contributed by atoms with Crippen molar-refractivity contribution in [1.82, 2.24) is 5.43 Å². The first-order chi connectivity index (χ1) is 8.74. The smallest absolute Gasteiger partial charge is 0.119 e. The molecular formula is C14H15ClN2O. The van der Waals surface area contributed by atoms with Crippen LogP contribution >= 0.6 is 11.6 Å². The predicted octanol–water partition coefficient (Wildman–Crippen LogP) is 2.90. The molecule has 4 heteroatoms. The minimum atomic E-state index is -0.112. The van der Waals surface area contributed by atoms with Gasteiger partial charge in [-0.05, 0) is 35.4 Å². The zero-order chi connectivity index (χ0) is 13.0. The number of hydrogen-bond acceptors (Lipinski definition) is 3.